The quantitative estimate of drug-likeness (QED) is 0.252. The molecule has 0 amide bonds. The van der Waals surface area contributed by atoms with Crippen molar-refractivity contribution in [2.75, 3.05) is 39.4 Å². The molecule has 2 aliphatic rings. The third-order valence-corrected chi connectivity index (χ3v) is 8.26. The second-order valence-corrected chi connectivity index (χ2v) is 11.4. The first-order valence-corrected chi connectivity index (χ1v) is 13.6. The van der Waals surface area contributed by atoms with Crippen LogP contribution in [0.2, 0.25) is 5.28 Å². The predicted octanol–water partition coefficient (Wildman–Crippen LogP) is 1.08. The molecule has 4 rings (SSSR count). The summed E-state index contributed by atoms with van der Waals surface area (Å²) < 4.78 is 35.1. The largest absolute Gasteiger partial charge is 0.387 e. The lowest BCUT2D eigenvalue weighted by molar-refractivity contribution is -0.123. The zero-order valence-corrected chi connectivity index (χ0v) is 21.6. The molecule has 0 aromatic carbocycles. The summed E-state index contributed by atoms with van der Waals surface area (Å²) in [6.45, 7) is -1.37. The van der Waals surface area contributed by atoms with Gasteiger partial charge in [-0.1, -0.05) is 12.8 Å². The monoisotopic (exact) mass is 550 g/mol. The molecule has 36 heavy (non-hydrogen) atoms. The summed E-state index contributed by atoms with van der Waals surface area (Å²) in [5.41, 5.74) is 1.06. The number of nitrogens with zero attached hydrogens (tertiary/aromatic N) is 3. The summed E-state index contributed by atoms with van der Waals surface area (Å²) >= 11 is 6.19. The van der Waals surface area contributed by atoms with Crippen molar-refractivity contribution < 1.29 is 43.5 Å². The Morgan fingerprint density at radius 3 is 2.47 bits per heavy atom. The number of methoxy groups -OCH3 is 2. The fourth-order valence-corrected chi connectivity index (χ4v) is 5.77. The van der Waals surface area contributed by atoms with Crippen LogP contribution in [-0.2, 0) is 23.5 Å². The third-order valence-electron chi connectivity index (χ3n) is 6.65. The number of halogens is 1. The average molecular weight is 551 g/mol. The highest BCUT2D eigenvalue weighted by atomic mass is 35.5. The Bertz CT molecular complexity index is 1090. The fourth-order valence-electron chi connectivity index (χ4n) is 4.77. The van der Waals surface area contributed by atoms with E-state index in [9.17, 15) is 24.6 Å². The molecular formula is C21H32ClN4O9P. The van der Waals surface area contributed by atoms with Crippen molar-refractivity contribution in [3.8, 4) is 0 Å². The van der Waals surface area contributed by atoms with Crippen LogP contribution in [0.5, 0.6) is 0 Å². The van der Waals surface area contributed by atoms with E-state index >= 15 is 0 Å². The van der Waals surface area contributed by atoms with Gasteiger partial charge in [-0.05, 0) is 36.6 Å². The summed E-state index contributed by atoms with van der Waals surface area (Å²) in [5, 5.41) is 27.0. The zero-order chi connectivity index (χ0) is 26.1. The van der Waals surface area contributed by atoms with Gasteiger partial charge in [0.2, 0.25) is 10.6 Å². The number of aromatic nitrogens is 3. The molecule has 0 bridgehead atoms. The van der Waals surface area contributed by atoms with Gasteiger partial charge in [0.1, 0.15) is 29.9 Å². The molecule has 3 heterocycles. The molecule has 1 aliphatic heterocycles. The molecule has 1 saturated heterocycles. The summed E-state index contributed by atoms with van der Waals surface area (Å²) in [5.74, 6) is 0.562. The summed E-state index contributed by atoms with van der Waals surface area (Å²) in [4.78, 5) is 24.1. The standard InChI is InChI=1S/C21H32ClN4O9P/c1-32-10-21(11-33-2,36(29,30)31)34-9-15-16(27)17(28)18(35-15)13-7-8-14-19(23-12-5-3-4-6-12)24-20(22)25-26(13)14/h7-8,12,15-18,27-28H,3-6,9-11H2,1-2H3,(H,23,24,25)(H2,29,30,31)/t15-,16-,17-,18+/m1/s1. The Hall–Kier alpha value is -1.38. The van der Waals surface area contributed by atoms with Crippen LogP contribution in [0.15, 0.2) is 12.1 Å². The summed E-state index contributed by atoms with van der Waals surface area (Å²) in [7, 11) is -2.33. The van der Waals surface area contributed by atoms with E-state index in [1.165, 1.54) is 18.7 Å². The third kappa shape index (κ3) is 5.41. The molecule has 1 saturated carbocycles. The van der Waals surface area contributed by atoms with Crippen LogP contribution in [0, 0.1) is 0 Å². The number of rotatable bonds is 11. The first kappa shape index (κ1) is 27.6. The Balaban J connectivity index is 1.56. The molecule has 202 valence electrons. The van der Waals surface area contributed by atoms with Crippen LogP contribution >= 0.6 is 19.2 Å². The lowest BCUT2D eigenvalue weighted by Crippen LogP contribution is -2.45. The number of nitrogens with one attached hydrogen (secondary N) is 1. The van der Waals surface area contributed by atoms with Gasteiger partial charge < -0.3 is 44.3 Å². The minimum Gasteiger partial charge on any atom is -0.387 e. The van der Waals surface area contributed by atoms with Crippen molar-refractivity contribution in [3.05, 3.63) is 23.1 Å². The average Bonchev–Trinajstić information content (AvgIpc) is 3.53. The van der Waals surface area contributed by atoms with Gasteiger partial charge in [-0.2, -0.15) is 4.98 Å². The first-order valence-electron chi connectivity index (χ1n) is 11.6. The maximum absolute atomic E-state index is 12.2. The highest BCUT2D eigenvalue weighted by Gasteiger charge is 2.51. The van der Waals surface area contributed by atoms with Crippen molar-refractivity contribution in [2.45, 2.75) is 61.5 Å². The van der Waals surface area contributed by atoms with Crippen molar-refractivity contribution in [1.29, 1.82) is 0 Å². The van der Waals surface area contributed by atoms with E-state index in [2.05, 4.69) is 15.4 Å². The van der Waals surface area contributed by atoms with Crippen LogP contribution in [0.1, 0.15) is 37.5 Å². The molecule has 0 spiro atoms. The highest BCUT2D eigenvalue weighted by molar-refractivity contribution is 7.53. The van der Waals surface area contributed by atoms with Crippen molar-refractivity contribution in [2.24, 2.45) is 0 Å². The molecule has 1 aliphatic carbocycles. The molecule has 13 nitrogen and oxygen atoms in total. The Morgan fingerprint density at radius 2 is 1.86 bits per heavy atom. The normalized spacial score (nSPS) is 25.8. The highest BCUT2D eigenvalue weighted by Crippen LogP contribution is 2.52. The maximum atomic E-state index is 12.2. The number of aliphatic hydroxyl groups is 2. The zero-order valence-electron chi connectivity index (χ0n) is 20.0. The smallest absolute Gasteiger partial charge is 0.361 e. The van der Waals surface area contributed by atoms with Crippen molar-refractivity contribution in [1.82, 2.24) is 14.6 Å². The van der Waals surface area contributed by atoms with E-state index < -0.39 is 57.2 Å². The second-order valence-electron chi connectivity index (χ2n) is 9.15. The minimum atomic E-state index is -4.87. The van der Waals surface area contributed by atoms with Gasteiger partial charge in [0, 0.05) is 20.3 Å². The van der Waals surface area contributed by atoms with E-state index in [1.807, 2.05) is 0 Å². The van der Waals surface area contributed by atoms with Crippen LogP contribution in [0.25, 0.3) is 5.52 Å². The predicted molar refractivity (Wildman–Crippen MR) is 128 cm³/mol. The van der Waals surface area contributed by atoms with Gasteiger partial charge >= 0.3 is 7.60 Å². The van der Waals surface area contributed by atoms with Gasteiger partial charge in [0.25, 0.3) is 0 Å². The molecule has 2 aromatic rings. The van der Waals surface area contributed by atoms with Gasteiger partial charge in [-0.15, -0.1) is 5.10 Å². The van der Waals surface area contributed by atoms with Gasteiger partial charge in [-0.3, -0.25) is 4.57 Å². The molecule has 15 heteroatoms. The van der Waals surface area contributed by atoms with Crippen LogP contribution in [0.3, 0.4) is 0 Å². The second kappa shape index (κ2) is 11.2. The lowest BCUT2D eigenvalue weighted by atomic mass is 10.1. The van der Waals surface area contributed by atoms with E-state index in [4.69, 9.17) is 30.5 Å². The van der Waals surface area contributed by atoms with Gasteiger partial charge in [0.15, 0.2) is 5.82 Å². The first-order chi connectivity index (χ1) is 17.1. The van der Waals surface area contributed by atoms with Crippen LogP contribution in [-0.4, -0.2) is 98.3 Å². The fraction of sp³-hybridized carbons (Fsp3) is 0.714. The van der Waals surface area contributed by atoms with Gasteiger partial charge in [-0.25, -0.2) is 4.52 Å². The summed E-state index contributed by atoms with van der Waals surface area (Å²) in [6, 6.07) is 3.74. The summed E-state index contributed by atoms with van der Waals surface area (Å²) in [6.07, 6.45) is -0.566. The van der Waals surface area contributed by atoms with Crippen molar-refractivity contribution >= 4 is 30.5 Å². The molecule has 4 atom stereocenters. The topological polar surface area (TPSA) is 177 Å². The Morgan fingerprint density at radius 1 is 1.19 bits per heavy atom. The molecular weight excluding hydrogens is 519 g/mol. The number of fused-ring (bicyclic) bond motifs is 1. The number of hydrogen-bond donors (Lipinski definition) is 5. The Kier molecular flexibility index (Phi) is 8.57. The van der Waals surface area contributed by atoms with Crippen LogP contribution < -0.4 is 5.32 Å². The molecule has 2 aromatic heterocycles. The maximum Gasteiger partial charge on any atom is 0.361 e. The molecule has 0 unspecified atom stereocenters. The SMILES string of the molecule is COCC(COC)(OC[C@H]1O[C@@H](c2ccc3c(NC4CCCC4)nc(Cl)nn23)[C@H](O)[C@@H]1O)P(=O)(O)O. The minimum absolute atomic E-state index is 0.000996. The van der Waals surface area contributed by atoms with E-state index in [0.29, 0.717) is 17.0 Å². The van der Waals surface area contributed by atoms with Crippen LogP contribution in [0.4, 0.5) is 5.82 Å². The molecule has 5 N–H and O–H groups in total. The lowest BCUT2D eigenvalue weighted by Gasteiger charge is -2.33. The van der Waals surface area contributed by atoms with E-state index in [1.54, 1.807) is 12.1 Å². The number of aliphatic hydroxyl groups excluding tert-OH is 2. The van der Waals surface area contributed by atoms with E-state index in [-0.39, 0.29) is 11.3 Å². The molecule has 0 radical (unpaired) electrons. The van der Waals surface area contributed by atoms with Gasteiger partial charge in [0.05, 0.1) is 25.5 Å². The molecule has 2 fully saturated rings. The number of anilines is 1. The van der Waals surface area contributed by atoms with E-state index in [0.717, 1.165) is 25.7 Å². The van der Waals surface area contributed by atoms with Crippen molar-refractivity contribution in [3.63, 3.8) is 0 Å². The number of ether oxygens (including phenoxy) is 4. The Labute approximate surface area is 212 Å². The number of hydrogen-bond acceptors (Lipinski definition) is 10.